The Hall–Kier alpha value is -3.24. The Labute approximate surface area is 181 Å². The molecule has 0 amide bonds. The Bertz CT molecular complexity index is 940. The number of hydrogen-bond acceptors (Lipinski definition) is 8. The number of hydrogen-bond donors (Lipinski definition) is 0. The van der Waals surface area contributed by atoms with Crippen LogP contribution in [0.4, 0.5) is 11.4 Å². The molecule has 3 rings (SSSR count). The zero-order chi connectivity index (χ0) is 21.7. The van der Waals surface area contributed by atoms with E-state index in [-0.39, 0.29) is 21.4 Å². The van der Waals surface area contributed by atoms with Crippen LogP contribution in [-0.2, 0) is 0 Å². The van der Waals surface area contributed by atoms with E-state index in [1.807, 2.05) is 10.0 Å². The predicted molar refractivity (Wildman–Crippen MR) is 115 cm³/mol. The smallest absolute Gasteiger partial charge is 0.288 e. The molecule has 0 N–H and O–H groups in total. The molecule has 0 aliphatic carbocycles. The standard InChI is InChI=1S/C18H16Cl2N6O4/c19-15-3-1-13(9-17(15)25(27)28)11-21-23-5-7-24(8-6-23)22-12-14-2-4-16(20)18(10-14)26(29)30/h1-4,9-12H,5-8H2. The van der Waals surface area contributed by atoms with Crippen LogP contribution in [0.5, 0.6) is 0 Å². The second kappa shape index (κ2) is 9.51. The summed E-state index contributed by atoms with van der Waals surface area (Å²) in [6.07, 6.45) is 3.10. The zero-order valence-corrected chi connectivity index (χ0v) is 17.0. The lowest BCUT2D eigenvalue weighted by Gasteiger charge is -2.31. The Morgan fingerprint density at radius 2 is 1.13 bits per heavy atom. The average molecular weight is 451 g/mol. The molecule has 0 radical (unpaired) electrons. The molecule has 2 aromatic carbocycles. The largest absolute Gasteiger partial charge is 0.293 e. The average Bonchev–Trinajstić information content (AvgIpc) is 2.73. The van der Waals surface area contributed by atoms with E-state index in [4.69, 9.17) is 23.2 Å². The summed E-state index contributed by atoms with van der Waals surface area (Å²) in [5, 5.41) is 34.4. The van der Waals surface area contributed by atoms with Gasteiger partial charge >= 0.3 is 0 Å². The summed E-state index contributed by atoms with van der Waals surface area (Å²) in [6, 6.07) is 8.99. The van der Waals surface area contributed by atoms with Crippen LogP contribution in [0, 0.1) is 20.2 Å². The number of nitro benzene ring substituents is 2. The second-order valence-electron chi connectivity index (χ2n) is 6.33. The maximum Gasteiger partial charge on any atom is 0.288 e. The molecule has 0 aromatic heterocycles. The Morgan fingerprint density at radius 3 is 1.47 bits per heavy atom. The van der Waals surface area contributed by atoms with Crippen molar-refractivity contribution in [1.29, 1.82) is 0 Å². The first-order chi connectivity index (χ1) is 14.3. The molecule has 0 unspecified atom stereocenters. The van der Waals surface area contributed by atoms with Gasteiger partial charge in [0.15, 0.2) is 0 Å². The highest BCUT2D eigenvalue weighted by molar-refractivity contribution is 6.33. The third kappa shape index (κ3) is 5.43. The predicted octanol–water partition coefficient (Wildman–Crippen LogP) is 3.80. The van der Waals surface area contributed by atoms with Gasteiger partial charge in [0.1, 0.15) is 10.0 Å². The van der Waals surface area contributed by atoms with Crippen molar-refractivity contribution in [3.05, 3.63) is 77.8 Å². The van der Waals surface area contributed by atoms with Gasteiger partial charge in [-0.3, -0.25) is 30.2 Å². The summed E-state index contributed by atoms with van der Waals surface area (Å²) in [5.41, 5.74) is 0.830. The van der Waals surface area contributed by atoms with Crippen molar-refractivity contribution in [3.63, 3.8) is 0 Å². The van der Waals surface area contributed by atoms with E-state index in [0.717, 1.165) is 0 Å². The van der Waals surface area contributed by atoms with Gasteiger partial charge in [-0.25, -0.2) is 0 Å². The number of piperazine rings is 1. The normalized spacial score (nSPS) is 14.6. The molecule has 12 heteroatoms. The second-order valence-corrected chi connectivity index (χ2v) is 7.15. The van der Waals surface area contributed by atoms with Crippen molar-refractivity contribution in [2.75, 3.05) is 26.2 Å². The molecule has 156 valence electrons. The topological polar surface area (TPSA) is 117 Å². The molecule has 1 aliphatic heterocycles. The SMILES string of the molecule is O=[N+]([O-])c1cc(C=NN2CCN(N=Cc3ccc(Cl)c([N+](=O)[O-])c3)CC2)ccc1Cl. The van der Waals surface area contributed by atoms with Gasteiger partial charge < -0.3 is 0 Å². The van der Waals surface area contributed by atoms with Crippen molar-refractivity contribution >= 4 is 47.0 Å². The molecule has 1 saturated heterocycles. The lowest BCUT2D eigenvalue weighted by atomic mass is 10.2. The van der Waals surface area contributed by atoms with Crippen molar-refractivity contribution in [1.82, 2.24) is 10.0 Å². The van der Waals surface area contributed by atoms with Crippen molar-refractivity contribution in [2.24, 2.45) is 10.2 Å². The monoisotopic (exact) mass is 450 g/mol. The molecule has 0 saturated carbocycles. The van der Waals surface area contributed by atoms with Crippen LogP contribution in [0.2, 0.25) is 10.0 Å². The summed E-state index contributed by atoms with van der Waals surface area (Å²) in [5.74, 6) is 0. The van der Waals surface area contributed by atoms with E-state index >= 15 is 0 Å². The summed E-state index contributed by atoms with van der Waals surface area (Å²) in [7, 11) is 0. The van der Waals surface area contributed by atoms with E-state index in [1.165, 1.54) is 24.3 Å². The first-order valence-electron chi connectivity index (χ1n) is 8.79. The maximum absolute atomic E-state index is 11.0. The molecule has 30 heavy (non-hydrogen) atoms. The van der Waals surface area contributed by atoms with Gasteiger partial charge in [0.25, 0.3) is 11.4 Å². The van der Waals surface area contributed by atoms with Gasteiger partial charge in [0, 0.05) is 23.3 Å². The highest BCUT2D eigenvalue weighted by Crippen LogP contribution is 2.25. The number of rotatable bonds is 6. The number of benzene rings is 2. The third-order valence-corrected chi connectivity index (χ3v) is 4.95. The molecular formula is C18H16Cl2N6O4. The summed E-state index contributed by atoms with van der Waals surface area (Å²) in [6.45, 7) is 2.41. The van der Waals surface area contributed by atoms with Gasteiger partial charge in [0.05, 0.1) is 48.5 Å². The first-order valence-corrected chi connectivity index (χ1v) is 9.55. The van der Waals surface area contributed by atoms with E-state index in [0.29, 0.717) is 37.3 Å². The fourth-order valence-electron chi connectivity index (χ4n) is 2.71. The Kier molecular flexibility index (Phi) is 6.80. The van der Waals surface area contributed by atoms with Crippen LogP contribution in [0.3, 0.4) is 0 Å². The molecular weight excluding hydrogens is 435 g/mol. The maximum atomic E-state index is 11.0. The number of halogens is 2. The first kappa shape index (κ1) is 21.5. The Morgan fingerprint density at radius 1 is 0.767 bits per heavy atom. The fourth-order valence-corrected chi connectivity index (χ4v) is 3.09. The molecule has 0 spiro atoms. The number of nitro groups is 2. The van der Waals surface area contributed by atoms with E-state index in [1.54, 1.807) is 24.6 Å². The lowest BCUT2D eigenvalue weighted by Crippen LogP contribution is -2.41. The quantitative estimate of drug-likeness (QED) is 0.375. The minimum atomic E-state index is -0.536. The molecule has 0 atom stereocenters. The molecule has 1 fully saturated rings. The lowest BCUT2D eigenvalue weighted by molar-refractivity contribution is -0.384. The zero-order valence-electron chi connectivity index (χ0n) is 15.5. The Balaban J connectivity index is 1.56. The highest BCUT2D eigenvalue weighted by atomic mass is 35.5. The van der Waals surface area contributed by atoms with E-state index in [9.17, 15) is 20.2 Å². The summed E-state index contributed by atoms with van der Waals surface area (Å²) >= 11 is 11.6. The van der Waals surface area contributed by atoms with Gasteiger partial charge in [0.2, 0.25) is 0 Å². The molecule has 0 bridgehead atoms. The third-order valence-electron chi connectivity index (χ3n) is 4.31. The van der Waals surface area contributed by atoms with E-state index in [2.05, 4.69) is 10.2 Å². The van der Waals surface area contributed by atoms with Gasteiger partial charge in [-0.15, -0.1) is 0 Å². The molecule has 1 aliphatic rings. The highest BCUT2D eigenvalue weighted by Gasteiger charge is 2.15. The van der Waals surface area contributed by atoms with Crippen LogP contribution in [0.15, 0.2) is 46.6 Å². The van der Waals surface area contributed by atoms with Crippen LogP contribution < -0.4 is 0 Å². The van der Waals surface area contributed by atoms with Crippen LogP contribution in [0.1, 0.15) is 11.1 Å². The molecule has 10 nitrogen and oxygen atoms in total. The van der Waals surface area contributed by atoms with Crippen LogP contribution in [-0.4, -0.2) is 58.5 Å². The summed E-state index contributed by atoms with van der Waals surface area (Å²) in [4.78, 5) is 20.8. The van der Waals surface area contributed by atoms with Crippen molar-refractivity contribution in [2.45, 2.75) is 0 Å². The van der Waals surface area contributed by atoms with Crippen molar-refractivity contribution in [3.8, 4) is 0 Å². The van der Waals surface area contributed by atoms with Gasteiger partial charge in [-0.05, 0) is 12.1 Å². The number of nitrogens with zero attached hydrogens (tertiary/aromatic N) is 6. The fraction of sp³-hybridized carbons (Fsp3) is 0.222. The minimum Gasteiger partial charge on any atom is -0.293 e. The van der Waals surface area contributed by atoms with Gasteiger partial charge in [-0.2, -0.15) is 10.2 Å². The minimum absolute atomic E-state index is 0.0784. The van der Waals surface area contributed by atoms with Crippen molar-refractivity contribution < 1.29 is 9.85 Å². The molecule has 2 aromatic rings. The number of hydrazone groups is 2. The van der Waals surface area contributed by atoms with Gasteiger partial charge in [-0.1, -0.05) is 35.3 Å². The van der Waals surface area contributed by atoms with Crippen LogP contribution >= 0.6 is 23.2 Å². The molecule has 1 heterocycles. The van der Waals surface area contributed by atoms with Crippen LogP contribution in [0.25, 0.3) is 0 Å². The van der Waals surface area contributed by atoms with E-state index < -0.39 is 9.85 Å². The summed E-state index contributed by atoms with van der Waals surface area (Å²) < 4.78 is 0.